The lowest BCUT2D eigenvalue weighted by Gasteiger charge is -2.44. The van der Waals surface area contributed by atoms with Crippen LogP contribution < -0.4 is 0 Å². The van der Waals surface area contributed by atoms with Crippen molar-refractivity contribution in [2.75, 3.05) is 6.54 Å². The monoisotopic (exact) mass is 339 g/mol. The van der Waals surface area contributed by atoms with Gasteiger partial charge in [0.2, 0.25) is 11.7 Å². The topological polar surface area (TPSA) is 63.9 Å². The fraction of sp³-hybridized carbons (Fsp3) is 0.579. The van der Waals surface area contributed by atoms with Crippen LogP contribution >= 0.6 is 0 Å². The lowest BCUT2D eigenvalue weighted by molar-refractivity contribution is -0.138. The molecule has 132 valence electrons. The molecule has 1 aliphatic heterocycles. The first kappa shape index (κ1) is 16.2. The van der Waals surface area contributed by atoms with Crippen LogP contribution in [0.3, 0.4) is 0 Å². The molecule has 0 unspecified atom stereocenters. The average Bonchev–Trinajstić information content (AvgIpc) is 3.10. The van der Waals surface area contributed by atoms with E-state index in [4.69, 9.17) is 0 Å². The summed E-state index contributed by atoms with van der Waals surface area (Å²) in [6.45, 7) is 3.10. The van der Waals surface area contributed by atoms with E-state index in [-0.39, 0.29) is 12.5 Å². The number of benzene rings is 1. The number of hydrogen-bond acceptors (Lipinski definition) is 4. The van der Waals surface area contributed by atoms with E-state index in [2.05, 4.69) is 20.3 Å². The summed E-state index contributed by atoms with van der Waals surface area (Å²) in [5, 5.41) is 12.6. The van der Waals surface area contributed by atoms with Crippen molar-refractivity contribution >= 4 is 5.91 Å². The Labute approximate surface area is 148 Å². The number of piperidine rings is 1. The molecule has 2 atom stereocenters. The van der Waals surface area contributed by atoms with Gasteiger partial charge in [-0.2, -0.15) is 4.80 Å². The second-order valence-corrected chi connectivity index (χ2v) is 7.35. The normalized spacial score (nSPS) is 23.3. The summed E-state index contributed by atoms with van der Waals surface area (Å²) in [5.41, 5.74) is 2.12. The highest BCUT2D eigenvalue weighted by molar-refractivity contribution is 5.76. The molecule has 1 saturated carbocycles. The molecule has 25 heavy (non-hydrogen) atoms. The fourth-order valence-corrected chi connectivity index (χ4v) is 4.27. The number of amides is 1. The zero-order valence-corrected chi connectivity index (χ0v) is 14.8. The smallest absolute Gasteiger partial charge is 0.246 e. The van der Waals surface area contributed by atoms with Gasteiger partial charge in [-0.1, -0.05) is 42.7 Å². The number of hydrogen-bond donors (Lipinski definition) is 0. The minimum Gasteiger partial charge on any atom is -0.338 e. The van der Waals surface area contributed by atoms with Gasteiger partial charge in [-0.05, 0) is 43.7 Å². The van der Waals surface area contributed by atoms with Gasteiger partial charge in [-0.15, -0.1) is 10.2 Å². The van der Waals surface area contributed by atoms with Gasteiger partial charge in [0.25, 0.3) is 0 Å². The minimum atomic E-state index is 0.129. The maximum atomic E-state index is 12.8. The fourth-order valence-electron chi connectivity index (χ4n) is 4.27. The summed E-state index contributed by atoms with van der Waals surface area (Å²) in [4.78, 5) is 16.3. The highest BCUT2D eigenvalue weighted by atomic mass is 16.2. The number of tetrazole rings is 1. The van der Waals surface area contributed by atoms with Gasteiger partial charge in [0, 0.05) is 18.2 Å². The van der Waals surface area contributed by atoms with Gasteiger partial charge in [-0.3, -0.25) is 4.79 Å². The second-order valence-electron chi connectivity index (χ2n) is 7.35. The SMILES string of the molecule is Cc1ccc(-c2nnn(CC(=O)N3CCC[C@H]4CCCC[C@@H]43)n2)cc1. The Morgan fingerprint density at radius 3 is 2.72 bits per heavy atom. The second kappa shape index (κ2) is 6.94. The number of nitrogens with zero attached hydrogens (tertiary/aromatic N) is 5. The third-order valence-electron chi connectivity index (χ3n) is 5.60. The van der Waals surface area contributed by atoms with Crippen LogP contribution in [0.1, 0.15) is 44.1 Å². The molecule has 6 heteroatoms. The molecule has 4 rings (SSSR count). The van der Waals surface area contributed by atoms with E-state index in [1.54, 1.807) is 0 Å². The first-order valence-electron chi connectivity index (χ1n) is 9.35. The quantitative estimate of drug-likeness (QED) is 0.862. The molecule has 2 fully saturated rings. The standard InChI is InChI=1S/C19H25N5O/c1-14-8-10-16(11-9-14)19-20-22-24(21-19)13-18(25)23-12-4-6-15-5-2-3-7-17(15)23/h8-11,15,17H,2-7,12-13H2,1H3/t15-,17+/m1/s1. The number of fused-ring (bicyclic) bond motifs is 1. The van der Waals surface area contributed by atoms with Crippen LogP contribution in [-0.4, -0.2) is 43.6 Å². The Kier molecular flexibility index (Phi) is 4.51. The first-order valence-corrected chi connectivity index (χ1v) is 9.35. The van der Waals surface area contributed by atoms with Crippen molar-refractivity contribution in [3.8, 4) is 11.4 Å². The molecule has 1 aromatic carbocycles. The predicted octanol–water partition coefficient (Wildman–Crippen LogP) is 2.83. The molecule has 2 aromatic rings. The molecule has 2 aliphatic rings. The van der Waals surface area contributed by atoms with Crippen molar-refractivity contribution in [3.05, 3.63) is 29.8 Å². The molecule has 0 spiro atoms. The van der Waals surface area contributed by atoms with Crippen LogP contribution in [0.15, 0.2) is 24.3 Å². The maximum Gasteiger partial charge on any atom is 0.246 e. The zero-order chi connectivity index (χ0) is 17.2. The minimum absolute atomic E-state index is 0.129. The Morgan fingerprint density at radius 2 is 1.88 bits per heavy atom. The Morgan fingerprint density at radius 1 is 1.12 bits per heavy atom. The van der Waals surface area contributed by atoms with E-state index in [1.165, 1.54) is 36.0 Å². The van der Waals surface area contributed by atoms with E-state index >= 15 is 0 Å². The third-order valence-corrected chi connectivity index (χ3v) is 5.60. The summed E-state index contributed by atoms with van der Waals surface area (Å²) in [7, 11) is 0. The number of likely N-dealkylation sites (tertiary alicyclic amines) is 1. The van der Waals surface area contributed by atoms with Crippen molar-refractivity contribution in [2.45, 2.75) is 58.0 Å². The lowest BCUT2D eigenvalue weighted by Crippen LogP contribution is -2.50. The highest BCUT2D eigenvalue weighted by Gasteiger charge is 2.35. The number of carbonyl (C=O) groups is 1. The predicted molar refractivity (Wildman–Crippen MR) is 94.7 cm³/mol. The Hall–Kier alpha value is -2.24. The third kappa shape index (κ3) is 3.43. The average molecular weight is 339 g/mol. The van der Waals surface area contributed by atoms with Gasteiger partial charge in [0.1, 0.15) is 6.54 Å². The summed E-state index contributed by atoms with van der Waals surface area (Å²) in [6, 6.07) is 8.44. The van der Waals surface area contributed by atoms with Crippen LogP contribution in [0, 0.1) is 12.8 Å². The summed E-state index contributed by atoms with van der Waals surface area (Å²) < 4.78 is 0. The van der Waals surface area contributed by atoms with Gasteiger partial charge in [0.05, 0.1) is 0 Å². The molecular weight excluding hydrogens is 314 g/mol. The Balaban J connectivity index is 1.45. The van der Waals surface area contributed by atoms with Gasteiger partial charge >= 0.3 is 0 Å². The maximum absolute atomic E-state index is 12.8. The molecule has 0 N–H and O–H groups in total. The molecule has 2 heterocycles. The van der Waals surface area contributed by atoms with Crippen LogP contribution in [0.5, 0.6) is 0 Å². The van der Waals surface area contributed by atoms with Gasteiger partial charge < -0.3 is 4.90 Å². The van der Waals surface area contributed by atoms with Crippen molar-refractivity contribution in [2.24, 2.45) is 5.92 Å². The molecule has 6 nitrogen and oxygen atoms in total. The van der Waals surface area contributed by atoms with E-state index in [9.17, 15) is 4.79 Å². The lowest BCUT2D eigenvalue weighted by atomic mass is 9.78. The molecule has 1 aliphatic carbocycles. The molecule has 0 bridgehead atoms. The van der Waals surface area contributed by atoms with Crippen LogP contribution in [0.25, 0.3) is 11.4 Å². The van der Waals surface area contributed by atoms with Gasteiger partial charge in [0.15, 0.2) is 0 Å². The number of carbonyl (C=O) groups excluding carboxylic acids is 1. The van der Waals surface area contributed by atoms with Gasteiger partial charge in [-0.25, -0.2) is 0 Å². The number of aryl methyl sites for hydroxylation is 1. The summed E-state index contributed by atoms with van der Waals surface area (Å²) in [5.74, 6) is 1.39. The Bertz CT molecular complexity index is 737. The molecule has 1 amide bonds. The van der Waals surface area contributed by atoms with Crippen molar-refractivity contribution in [1.82, 2.24) is 25.1 Å². The molecular formula is C19H25N5O. The molecule has 1 aromatic heterocycles. The van der Waals surface area contributed by atoms with Crippen molar-refractivity contribution < 1.29 is 4.79 Å². The van der Waals surface area contributed by atoms with E-state index in [1.807, 2.05) is 31.2 Å². The highest BCUT2D eigenvalue weighted by Crippen LogP contribution is 2.35. The molecule has 0 radical (unpaired) electrons. The van der Waals surface area contributed by atoms with Crippen LogP contribution in [-0.2, 0) is 11.3 Å². The zero-order valence-electron chi connectivity index (χ0n) is 14.8. The van der Waals surface area contributed by atoms with Crippen LogP contribution in [0.4, 0.5) is 0 Å². The van der Waals surface area contributed by atoms with Crippen molar-refractivity contribution in [1.29, 1.82) is 0 Å². The van der Waals surface area contributed by atoms with Crippen molar-refractivity contribution in [3.63, 3.8) is 0 Å². The van der Waals surface area contributed by atoms with E-state index < -0.39 is 0 Å². The van der Waals surface area contributed by atoms with E-state index in [0.717, 1.165) is 24.9 Å². The summed E-state index contributed by atoms with van der Waals surface area (Å²) in [6.07, 6.45) is 7.36. The number of rotatable bonds is 3. The first-order chi connectivity index (χ1) is 12.2. The van der Waals surface area contributed by atoms with Crippen LogP contribution in [0.2, 0.25) is 0 Å². The summed E-state index contributed by atoms with van der Waals surface area (Å²) >= 11 is 0. The largest absolute Gasteiger partial charge is 0.338 e. The molecule has 1 saturated heterocycles. The van der Waals surface area contributed by atoms with E-state index in [0.29, 0.717) is 17.8 Å². The number of aromatic nitrogens is 4.